The fraction of sp³-hybridized carbons (Fsp3) is 0.158. The minimum atomic E-state index is -1.90. The molecule has 0 saturated carbocycles. The monoisotopic (exact) mass is 383 g/mol. The molecule has 3 rings (SSSR count). The Kier molecular flexibility index (Phi) is 4.27. The lowest BCUT2D eigenvalue weighted by Crippen LogP contribution is -2.42. The molecule has 1 N–H and O–H groups in total. The first-order valence-electron chi connectivity index (χ1n) is 7.33. The highest BCUT2D eigenvalue weighted by molar-refractivity contribution is 9.10. The number of hydrogen-bond acceptors (Lipinski definition) is 3. The van der Waals surface area contributed by atoms with Gasteiger partial charge in [0.2, 0.25) is 0 Å². The number of para-hydroxylation sites is 1. The van der Waals surface area contributed by atoms with Crippen LogP contribution >= 0.6 is 15.9 Å². The SMILES string of the molecule is C#CCN1C(=O)[C@@](O)(CC(=O)c2cccc(Br)c2)c2ccccc21. The molecule has 0 spiro atoms. The molecule has 0 aliphatic carbocycles. The summed E-state index contributed by atoms with van der Waals surface area (Å²) >= 11 is 3.31. The van der Waals surface area contributed by atoms with Gasteiger partial charge in [-0.25, -0.2) is 0 Å². The van der Waals surface area contributed by atoms with Crippen molar-refractivity contribution in [3.63, 3.8) is 0 Å². The van der Waals surface area contributed by atoms with E-state index >= 15 is 0 Å². The Morgan fingerprint density at radius 1 is 1.25 bits per heavy atom. The van der Waals surface area contributed by atoms with Crippen LogP contribution in [-0.4, -0.2) is 23.3 Å². The minimum Gasteiger partial charge on any atom is -0.375 e. The van der Waals surface area contributed by atoms with Gasteiger partial charge in [-0.3, -0.25) is 14.5 Å². The smallest absolute Gasteiger partial charge is 0.265 e. The number of hydrogen-bond donors (Lipinski definition) is 1. The normalized spacial score (nSPS) is 19.0. The lowest BCUT2D eigenvalue weighted by molar-refractivity contribution is -0.135. The zero-order valence-corrected chi connectivity index (χ0v) is 14.3. The molecule has 0 saturated heterocycles. The second kappa shape index (κ2) is 6.23. The fourth-order valence-electron chi connectivity index (χ4n) is 2.92. The zero-order chi connectivity index (χ0) is 17.3. The van der Waals surface area contributed by atoms with E-state index in [0.717, 1.165) is 4.47 Å². The van der Waals surface area contributed by atoms with Gasteiger partial charge in [-0.2, -0.15) is 0 Å². The summed E-state index contributed by atoms with van der Waals surface area (Å²) in [4.78, 5) is 26.6. The largest absolute Gasteiger partial charge is 0.375 e. The maximum atomic E-state index is 12.7. The molecule has 0 bridgehead atoms. The van der Waals surface area contributed by atoms with Crippen molar-refractivity contribution in [2.24, 2.45) is 0 Å². The molecule has 0 radical (unpaired) electrons. The lowest BCUT2D eigenvalue weighted by Gasteiger charge is -2.21. The van der Waals surface area contributed by atoms with Crippen LogP contribution in [0.15, 0.2) is 53.0 Å². The molecule has 0 fully saturated rings. The molecule has 5 heteroatoms. The van der Waals surface area contributed by atoms with Gasteiger partial charge in [0.25, 0.3) is 5.91 Å². The Morgan fingerprint density at radius 2 is 2.00 bits per heavy atom. The van der Waals surface area contributed by atoms with Gasteiger partial charge in [0.05, 0.1) is 18.7 Å². The van der Waals surface area contributed by atoms with E-state index in [1.807, 2.05) is 0 Å². The first-order valence-corrected chi connectivity index (χ1v) is 8.13. The highest BCUT2D eigenvalue weighted by Gasteiger charge is 2.50. The molecule has 2 aromatic rings. The van der Waals surface area contributed by atoms with Gasteiger partial charge in [0.1, 0.15) is 0 Å². The van der Waals surface area contributed by atoms with Crippen LogP contribution < -0.4 is 4.90 Å². The van der Waals surface area contributed by atoms with E-state index in [2.05, 4.69) is 21.9 Å². The van der Waals surface area contributed by atoms with Crippen molar-refractivity contribution < 1.29 is 14.7 Å². The lowest BCUT2D eigenvalue weighted by atomic mass is 9.88. The number of halogens is 1. The van der Waals surface area contributed by atoms with Crippen LogP contribution in [-0.2, 0) is 10.4 Å². The molecule has 1 aliphatic heterocycles. The summed E-state index contributed by atoms with van der Waals surface area (Å²) in [5, 5.41) is 11.0. The number of amides is 1. The van der Waals surface area contributed by atoms with Gasteiger partial charge in [-0.05, 0) is 18.2 Å². The average molecular weight is 384 g/mol. The Hall–Kier alpha value is -2.42. The first-order chi connectivity index (χ1) is 11.5. The molecule has 24 heavy (non-hydrogen) atoms. The van der Waals surface area contributed by atoms with Crippen LogP contribution in [0.4, 0.5) is 5.69 Å². The molecule has 0 aromatic heterocycles. The van der Waals surface area contributed by atoms with Crippen molar-refractivity contribution in [3.8, 4) is 12.3 Å². The summed E-state index contributed by atoms with van der Waals surface area (Å²) < 4.78 is 0.757. The maximum absolute atomic E-state index is 12.7. The number of nitrogens with zero attached hydrogens (tertiary/aromatic N) is 1. The maximum Gasteiger partial charge on any atom is 0.265 e. The molecule has 1 aliphatic rings. The fourth-order valence-corrected chi connectivity index (χ4v) is 3.32. The molecular formula is C19H14BrNO3. The summed E-state index contributed by atoms with van der Waals surface area (Å²) in [7, 11) is 0. The number of ketones is 1. The summed E-state index contributed by atoms with van der Waals surface area (Å²) in [5.74, 6) is 1.53. The van der Waals surface area contributed by atoms with Gasteiger partial charge in [-0.15, -0.1) is 6.42 Å². The standard InChI is InChI=1S/C19H14BrNO3/c1-2-10-21-16-9-4-3-8-15(16)19(24,18(21)23)12-17(22)13-6-5-7-14(20)11-13/h1,3-9,11,24H,10,12H2/t19-/m1/s1. The van der Waals surface area contributed by atoms with Crippen LogP contribution in [0.25, 0.3) is 0 Å². The quantitative estimate of drug-likeness (QED) is 0.652. The Morgan fingerprint density at radius 3 is 2.71 bits per heavy atom. The summed E-state index contributed by atoms with van der Waals surface area (Å²) in [6.07, 6.45) is 4.99. The molecular weight excluding hydrogens is 370 g/mol. The van der Waals surface area contributed by atoms with Crippen molar-refractivity contribution in [3.05, 3.63) is 64.1 Å². The van der Waals surface area contributed by atoms with Crippen LogP contribution in [0.3, 0.4) is 0 Å². The number of aliphatic hydroxyl groups is 1. The number of Topliss-reactive ketones (excluding diaryl/α,β-unsaturated/α-hetero) is 1. The molecule has 4 nitrogen and oxygen atoms in total. The van der Waals surface area contributed by atoms with Crippen LogP contribution in [0.2, 0.25) is 0 Å². The van der Waals surface area contributed by atoms with E-state index in [9.17, 15) is 14.7 Å². The minimum absolute atomic E-state index is 0.0449. The number of carbonyl (C=O) groups excluding carboxylic acids is 2. The first kappa shape index (κ1) is 16.4. The number of benzene rings is 2. The van der Waals surface area contributed by atoms with Crippen molar-refractivity contribution in [2.75, 3.05) is 11.4 Å². The van der Waals surface area contributed by atoms with Crippen molar-refractivity contribution in [1.82, 2.24) is 0 Å². The van der Waals surface area contributed by atoms with Gasteiger partial charge in [0.15, 0.2) is 11.4 Å². The highest BCUT2D eigenvalue weighted by atomic mass is 79.9. The number of rotatable bonds is 4. The Bertz CT molecular complexity index is 871. The molecule has 1 heterocycles. The molecule has 1 amide bonds. The van der Waals surface area contributed by atoms with E-state index in [-0.39, 0.29) is 18.7 Å². The Balaban J connectivity index is 1.99. The second-order valence-electron chi connectivity index (χ2n) is 5.58. The zero-order valence-electron chi connectivity index (χ0n) is 12.7. The topological polar surface area (TPSA) is 57.6 Å². The predicted octanol–water partition coefficient (Wildman–Crippen LogP) is 2.89. The molecule has 0 unspecified atom stereocenters. The molecule has 120 valence electrons. The number of terminal acetylenes is 1. The predicted molar refractivity (Wildman–Crippen MR) is 94.6 cm³/mol. The highest BCUT2D eigenvalue weighted by Crippen LogP contribution is 2.42. The molecule has 1 atom stereocenters. The van der Waals surface area contributed by atoms with Gasteiger partial charge < -0.3 is 5.11 Å². The van der Waals surface area contributed by atoms with Crippen LogP contribution in [0.5, 0.6) is 0 Å². The van der Waals surface area contributed by atoms with E-state index in [4.69, 9.17) is 6.42 Å². The van der Waals surface area contributed by atoms with Crippen molar-refractivity contribution >= 4 is 33.3 Å². The van der Waals surface area contributed by atoms with E-state index in [0.29, 0.717) is 16.8 Å². The van der Waals surface area contributed by atoms with Gasteiger partial charge in [0, 0.05) is 15.6 Å². The third-order valence-electron chi connectivity index (χ3n) is 4.05. The van der Waals surface area contributed by atoms with Crippen molar-refractivity contribution in [2.45, 2.75) is 12.0 Å². The summed E-state index contributed by atoms with van der Waals surface area (Å²) in [6, 6.07) is 13.7. The van der Waals surface area contributed by atoms with Gasteiger partial charge in [-0.1, -0.05) is 52.2 Å². The third kappa shape index (κ3) is 2.64. The van der Waals surface area contributed by atoms with E-state index in [1.165, 1.54) is 4.90 Å². The number of fused-ring (bicyclic) bond motifs is 1. The van der Waals surface area contributed by atoms with E-state index in [1.54, 1.807) is 48.5 Å². The summed E-state index contributed by atoms with van der Waals surface area (Å²) in [5.41, 5.74) is -0.510. The van der Waals surface area contributed by atoms with Gasteiger partial charge >= 0.3 is 0 Å². The number of carbonyl (C=O) groups is 2. The second-order valence-corrected chi connectivity index (χ2v) is 6.50. The Labute approximate surface area is 148 Å². The third-order valence-corrected chi connectivity index (χ3v) is 4.55. The average Bonchev–Trinajstić information content (AvgIpc) is 2.78. The van der Waals surface area contributed by atoms with Crippen molar-refractivity contribution in [1.29, 1.82) is 0 Å². The van der Waals surface area contributed by atoms with E-state index < -0.39 is 11.5 Å². The van der Waals surface area contributed by atoms with Crippen LogP contribution in [0, 0.1) is 12.3 Å². The summed E-state index contributed by atoms with van der Waals surface area (Å²) in [6.45, 7) is 0.0449. The van der Waals surface area contributed by atoms with Crippen LogP contribution in [0.1, 0.15) is 22.3 Å². The number of anilines is 1. The molecule has 2 aromatic carbocycles.